The van der Waals surface area contributed by atoms with Crippen LogP contribution in [0, 0.1) is 22.7 Å². The van der Waals surface area contributed by atoms with Gasteiger partial charge in [0.2, 0.25) is 5.91 Å². The van der Waals surface area contributed by atoms with Crippen LogP contribution < -0.4 is 0 Å². The Kier molecular flexibility index (Phi) is 9.93. The van der Waals surface area contributed by atoms with E-state index in [1.807, 2.05) is 46.8 Å². The highest BCUT2D eigenvalue weighted by Gasteiger charge is 2.44. The fourth-order valence-electron chi connectivity index (χ4n) is 3.47. The van der Waals surface area contributed by atoms with E-state index in [1.54, 1.807) is 7.05 Å². The van der Waals surface area contributed by atoms with Gasteiger partial charge in [-0.25, -0.2) is 0 Å². The van der Waals surface area contributed by atoms with E-state index in [-0.39, 0.29) is 37.9 Å². The predicted octanol–water partition coefficient (Wildman–Crippen LogP) is 4.14. The number of amides is 1. The Morgan fingerprint density at radius 1 is 1.11 bits per heavy atom. The molecule has 0 radical (unpaired) electrons. The maximum absolute atomic E-state index is 12.7. The molecule has 1 amide bonds. The molecule has 6 heteroatoms. The lowest BCUT2D eigenvalue weighted by molar-refractivity contribution is -0.163. The number of allylic oxidation sites excluding steroid dienone is 2. The Bertz CT molecular complexity index is 578. The summed E-state index contributed by atoms with van der Waals surface area (Å²) in [5.74, 6) is -2.66. The second-order valence-corrected chi connectivity index (χ2v) is 8.72. The molecule has 1 aliphatic carbocycles. The van der Waals surface area contributed by atoms with Crippen LogP contribution in [-0.4, -0.2) is 48.1 Å². The summed E-state index contributed by atoms with van der Waals surface area (Å²) in [4.78, 5) is 38.2. The summed E-state index contributed by atoms with van der Waals surface area (Å²) in [6.07, 6.45) is 6.08. The molecule has 0 bridgehead atoms. The minimum atomic E-state index is -0.946. The minimum Gasteiger partial charge on any atom is -0.481 e. The van der Waals surface area contributed by atoms with Crippen LogP contribution in [0.15, 0.2) is 12.2 Å². The van der Waals surface area contributed by atoms with Crippen molar-refractivity contribution >= 4 is 17.8 Å². The van der Waals surface area contributed by atoms with Crippen LogP contribution in [0.3, 0.4) is 0 Å². The smallest absolute Gasteiger partial charge is 0.312 e. The fourth-order valence-corrected chi connectivity index (χ4v) is 3.47. The number of nitrogens with zero attached hydrogens (tertiary/aromatic N) is 1. The van der Waals surface area contributed by atoms with Crippen molar-refractivity contribution in [2.45, 2.75) is 67.7 Å². The highest BCUT2D eigenvalue weighted by molar-refractivity contribution is 5.85. The Morgan fingerprint density at radius 2 is 1.64 bits per heavy atom. The van der Waals surface area contributed by atoms with Gasteiger partial charge < -0.3 is 14.7 Å². The molecule has 0 saturated carbocycles. The average molecular weight is 398 g/mol. The van der Waals surface area contributed by atoms with Crippen molar-refractivity contribution in [2.24, 2.45) is 22.7 Å². The number of rotatable bonds is 8. The van der Waals surface area contributed by atoms with Gasteiger partial charge in [-0.15, -0.1) is 0 Å². The number of carboxylic acid groups (broad SMARTS) is 1. The minimum absolute atomic E-state index is 0. The van der Waals surface area contributed by atoms with Crippen molar-refractivity contribution in [1.29, 1.82) is 0 Å². The van der Waals surface area contributed by atoms with Crippen LogP contribution in [0.1, 0.15) is 67.7 Å². The van der Waals surface area contributed by atoms with E-state index in [4.69, 9.17) is 4.74 Å². The summed E-state index contributed by atoms with van der Waals surface area (Å²) in [7, 11) is 1.63. The lowest BCUT2D eigenvalue weighted by Crippen LogP contribution is -2.44. The molecule has 1 N–H and O–H groups in total. The van der Waals surface area contributed by atoms with E-state index in [9.17, 15) is 19.5 Å². The Labute approximate surface area is 170 Å². The first-order valence-corrected chi connectivity index (χ1v) is 9.75. The molecule has 0 saturated heterocycles. The van der Waals surface area contributed by atoms with Gasteiger partial charge in [0.1, 0.15) is 6.61 Å². The van der Waals surface area contributed by atoms with Crippen LogP contribution in [0.2, 0.25) is 0 Å². The number of hydrogen-bond acceptors (Lipinski definition) is 4. The number of likely N-dealkylation sites (N-methyl/N-ethyl adjacent to an activating group) is 1. The molecule has 3 unspecified atom stereocenters. The van der Waals surface area contributed by atoms with Crippen molar-refractivity contribution < 1.29 is 24.2 Å². The molecule has 0 heterocycles. The highest BCUT2D eigenvalue weighted by atomic mass is 16.5. The quantitative estimate of drug-likeness (QED) is 0.491. The second-order valence-electron chi connectivity index (χ2n) is 8.72. The van der Waals surface area contributed by atoms with Crippen molar-refractivity contribution in [3.05, 3.63) is 12.2 Å². The molecule has 1 aliphatic rings. The lowest BCUT2D eigenvalue weighted by Gasteiger charge is -2.39. The van der Waals surface area contributed by atoms with Gasteiger partial charge in [-0.05, 0) is 31.6 Å². The number of esters is 1. The predicted molar refractivity (Wildman–Crippen MR) is 111 cm³/mol. The van der Waals surface area contributed by atoms with Crippen LogP contribution in [0.4, 0.5) is 0 Å². The van der Waals surface area contributed by atoms with Crippen molar-refractivity contribution in [2.75, 3.05) is 20.2 Å². The molecule has 1 rings (SSSR count). The zero-order valence-electron chi connectivity index (χ0n) is 17.6. The fraction of sp³-hybridized carbons (Fsp3) is 0.773. The van der Waals surface area contributed by atoms with Gasteiger partial charge in [0.25, 0.3) is 0 Å². The van der Waals surface area contributed by atoms with Crippen molar-refractivity contribution in [3.63, 3.8) is 0 Å². The molecule has 0 aromatic rings. The second kappa shape index (κ2) is 10.6. The van der Waals surface area contributed by atoms with E-state index in [0.717, 1.165) is 12.8 Å². The third-order valence-electron chi connectivity index (χ3n) is 5.96. The third-order valence-corrected chi connectivity index (χ3v) is 5.96. The SMILES string of the molecule is C.CCCC(C)(C(=O)OCCN(C)C(=O)C1CC=CCC1C(=O)O)C(C)(C)C. The molecule has 0 aromatic carbocycles. The van der Waals surface area contributed by atoms with E-state index in [0.29, 0.717) is 12.8 Å². The van der Waals surface area contributed by atoms with Gasteiger partial charge in [0.15, 0.2) is 0 Å². The van der Waals surface area contributed by atoms with Crippen LogP contribution >= 0.6 is 0 Å². The standard InChI is InChI=1S/C21H35NO5.CH4/c1-7-12-21(5,20(2,3)4)19(26)27-14-13-22(6)17(23)15-10-8-9-11-16(15)18(24)25;/h8-9,15-16H,7,10-14H2,1-6H3,(H,24,25);1H4. The van der Waals surface area contributed by atoms with Gasteiger partial charge in [-0.1, -0.05) is 53.7 Å². The summed E-state index contributed by atoms with van der Waals surface area (Å²) in [5.41, 5.74) is -0.822. The first kappa shape index (κ1) is 26.1. The van der Waals surface area contributed by atoms with E-state index in [2.05, 4.69) is 0 Å². The van der Waals surface area contributed by atoms with E-state index in [1.165, 1.54) is 4.90 Å². The monoisotopic (exact) mass is 397 g/mol. The third kappa shape index (κ3) is 6.08. The Morgan fingerprint density at radius 3 is 2.11 bits per heavy atom. The summed E-state index contributed by atoms with van der Waals surface area (Å²) in [6.45, 7) is 10.4. The maximum atomic E-state index is 12.7. The number of ether oxygens (including phenoxy) is 1. The van der Waals surface area contributed by atoms with Gasteiger partial charge in [-0.2, -0.15) is 0 Å². The Balaban J connectivity index is 0.00000729. The average Bonchev–Trinajstić information content (AvgIpc) is 2.59. The van der Waals surface area contributed by atoms with Crippen LogP contribution in [-0.2, 0) is 19.1 Å². The number of aliphatic carboxylic acids is 1. The molecule has 6 nitrogen and oxygen atoms in total. The molecule has 0 spiro atoms. The number of hydrogen-bond donors (Lipinski definition) is 1. The van der Waals surface area contributed by atoms with Crippen molar-refractivity contribution in [1.82, 2.24) is 4.90 Å². The molecule has 28 heavy (non-hydrogen) atoms. The Hall–Kier alpha value is -1.85. The first-order chi connectivity index (χ1) is 12.5. The molecule has 162 valence electrons. The molecule has 0 aromatic heterocycles. The summed E-state index contributed by atoms with van der Waals surface area (Å²) in [5, 5.41) is 9.33. The first-order valence-electron chi connectivity index (χ1n) is 9.75. The number of carbonyl (C=O) groups excluding carboxylic acids is 2. The van der Waals surface area contributed by atoms with Crippen LogP contribution in [0.25, 0.3) is 0 Å². The molecule has 3 atom stereocenters. The summed E-state index contributed by atoms with van der Waals surface area (Å²) >= 11 is 0. The lowest BCUT2D eigenvalue weighted by atomic mass is 9.65. The zero-order chi connectivity index (χ0) is 20.8. The molecular weight excluding hydrogens is 358 g/mol. The summed E-state index contributed by atoms with van der Waals surface area (Å²) < 4.78 is 5.51. The van der Waals surface area contributed by atoms with E-state index >= 15 is 0 Å². The zero-order valence-corrected chi connectivity index (χ0v) is 17.6. The topological polar surface area (TPSA) is 83.9 Å². The van der Waals surface area contributed by atoms with E-state index < -0.39 is 23.2 Å². The molecule has 0 fully saturated rings. The van der Waals surface area contributed by atoms with Gasteiger partial charge in [-0.3, -0.25) is 14.4 Å². The number of carbonyl (C=O) groups is 3. The van der Waals surface area contributed by atoms with Gasteiger partial charge in [0.05, 0.1) is 23.8 Å². The van der Waals surface area contributed by atoms with Crippen molar-refractivity contribution in [3.8, 4) is 0 Å². The normalized spacial score (nSPS) is 21.2. The van der Waals surface area contributed by atoms with Gasteiger partial charge >= 0.3 is 11.9 Å². The van der Waals surface area contributed by atoms with Gasteiger partial charge in [0, 0.05) is 7.05 Å². The number of carboxylic acids is 1. The molecular formula is C22H39NO5. The largest absolute Gasteiger partial charge is 0.481 e. The summed E-state index contributed by atoms with van der Waals surface area (Å²) in [6, 6.07) is 0. The maximum Gasteiger partial charge on any atom is 0.312 e. The van der Waals surface area contributed by atoms with Crippen LogP contribution in [0.5, 0.6) is 0 Å². The highest BCUT2D eigenvalue weighted by Crippen LogP contribution is 2.43. The molecule has 0 aliphatic heterocycles.